The van der Waals surface area contributed by atoms with Crippen molar-refractivity contribution in [3.63, 3.8) is 0 Å². The predicted molar refractivity (Wildman–Crippen MR) is 115 cm³/mol. The summed E-state index contributed by atoms with van der Waals surface area (Å²) < 4.78 is 5.14. The zero-order chi connectivity index (χ0) is 22.2. The standard InChI is InChI=1S/C24H36O6/c1-23(2,22(28)29)13-7-4-3-5-9-18-11-12-19(21(27)20(18)26)10-6-8-14-24(15-16-24)30-17-25/h11-12,17,26-27H,3-10,13-16H2,1-2H3,(H,28,29). The van der Waals surface area contributed by atoms with Gasteiger partial charge in [-0.3, -0.25) is 9.59 Å². The molecule has 0 saturated heterocycles. The van der Waals surface area contributed by atoms with Gasteiger partial charge in [0.25, 0.3) is 6.47 Å². The van der Waals surface area contributed by atoms with Gasteiger partial charge >= 0.3 is 5.97 Å². The van der Waals surface area contributed by atoms with Crippen LogP contribution in [-0.4, -0.2) is 33.4 Å². The molecule has 0 aliphatic heterocycles. The average molecular weight is 421 g/mol. The van der Waals surface area contributed by atoms with Crippen molar-refractivity contribution in [2.45, 2.75) is 96.5 Å². The van der Waals surface area contributed by atoms with Crippen LogP contribution < -0.4 is 0 Å². The molecule has 0 amide bonds. The Bertz CT molecular complexity index is 721. The Labute approximate surface area is 179 Å². The number of benzene rings is 1. The van der Waals surface area contributed by atoms with Crippen LogP contribution in [0.1, 0.15) is 89.2 Å². The fourth-order valence-electron chi connectivity index (χ4n) is 3.84. The zero-order valence-corrected chi connectivity index (χ0v) is 18.3. The van der Waals surface area contributed by atoms with Gasteiger partial charge in [0.05, 0.1) is 5.41 Å². The van der Waals surface area contributed by atoms with E-state index in [0.29, 0.717) is 25.7 Å². The van der Waals surface area contributed by atoms with Crippen LogP contribution >= 0.6 is 0 Å². The number of unbranched alkanes of at least 4 members (excludes halogenated alkanes) is 4. The minimum atomic E-state index is -0.760. The van der Waals surface area contributed by atoms with Crippen molar-refractivity contribution < 1.29 is 29.6 Å². The van der Waals surface area contributed by atoms with Crippen LogP contribution in [0.2, 0.25) is 0 Å². The van der Waals surface area contributed by atoms with Crippen molar-refractivity contribution in [1.29, 1.82) is 0 Å². The summed E-state index contributed by atoms with van der Waals surface area (Å²) in [6.07, 6.45) is 10.2. The number of aromatic hydroxyl groups is 2. The largest absolute Gasteiger partial charge is 0.504 e. The van der Waals surface area contributed by atoms with Crippen LogP contribution in [0.25, 0.3) is 0 Å². The number of carbonyl (C=O) groups excluding carboxylic acids is 1. The number of phenols is 2. The molecular formula is C24H36O6. The van der Waals surface area contributed by atoms with E-state index in [9.17, 15) is 19.8 Å². The highest BCUT2D eigenvalue weighted by molar-refractivity contribution is 5.73. The fourth-order valence-corrected chi connectivity index (χ4v) is 3.84. The molecule has 1 aromatic rings. The van der Waals surface area contributed by atoms with Crippen molar-refractivity contribution in [2.24, 2.45) is 5.41 Å². The maximum atomic E-state index is 11.1. The maximum Gasteiger partial charge on any atom is 0.309 e. The van der Waals surface area contributed by atoms with Gasteiger partial charge in [-0.15, -0.1) is 0 Å². The number of hydrogen-bond donors (Lipinski definition) is 3. The lowest BCUT2D eigenvalue weighted by atomic mass is 9.87. The molecule has 0 bridgehead atoms. The van der Waals surface area contributed by atoms with E-state index in [-0.39, 0.29) is 17.1 Å². The Hall–Kier alpha value is -2.24. The SMILES string of the molecule is CC(C)(CCCCCCc1ccc(CCCCC2(OC=O)CC2)c(O)c1O)C(=O)O. The molecule has 2 rings (SSSR count). The first-order chi connectivity index (χ1) is 14.2. The molecule has 0 unspecified atom stereocenters. The third-order valence-corrected chi connectivity index (χ3v) is 6.33. The number of ether oxygens (including phenoxy) is 1. The summed E-state index contributed by atoms with van der Waals surface area (Å²) in [4.78, 5) is 21.6. The monoisotopic (exact) mass is 420 g/mol. The third-order valence-electron chi connectivity index (χ3n) is 6.33. The lowest BCUT2D eigenvalue weighted by Crippen LogP contribution is -2.23. The quantitative estimate of drug-likeness (QED) is 0.207. The summed E-state index contributed by atoms with van der Waals surface area (Å²) in [5.74, 6) is -0.812. The van der Waals surface area contributed by atoms with Crippen LogP contribution in [0.5, 0.6) is 11.5 Å². The summed E-state index contributed by atoms with van der Waals surface area (Å²) in [5, 5.41) is 29.8. The summed E-state index contributed by atoms with van der Waals surface area (Å²) in [7, 11) is 0. The number of rotatable bonds is 15. The smallest absolute Gasteiger partial charge is 0.309 e. The first kappa shape index (κ1) is 24.0. The number of carboxylic acids is 1. The molecule has 3 N–H and O–H groups in total. The number of hydrogen-bond acceptors (Lipinski definition) is 5. The Morgan fingerprint density at radius 1 is 1.00 bits per heavy atom. The molecule has 1 aliphatic carbocycles. The molecule has 1 aliphatic rings. The van der Waals surface area contributed by atoms with Crippen molar-refractivity contribution in [3.05, 3.63) is 23.3 Å². The Balaban J connectivity index is 1.70. The molecular weight excluding hydrogens is 384 g/mol. The van der Waals surface area contributed by atoms with E-state index < -0.39 is 11.4 Å². The zero-order valence-electron chi connectivity index (χ0n) is 18.3. The molecule has 1 saturated carbocycles. The number of phenolic OH excluding ortho intramolecular Hbond substituents is 2. The van der Waals surface area contributed by atoms with Gasteiger partial charge in [0.15, 0.2) is 11.5 Å². The van der Waals surface area contributed by atoms with Gasteiger partial charge in [0.2, 0.25) is 0 Å². The molecule has 0 aromatic heterocycles. The van der Waals surface area contributed by atoms with Gasteiger partial charge < -0.3 is 20.1 Å². The van der Waals surface area contributed by atoms with E-state index in [1.54, 1.807) is 13.8 Å². The molecule has 30 heavy (non-hydrogen) atoms. The summed E-state index contributed by atoms with van der Waals surface area (Å²) in [5.41, 5.74) is 0.575. The molecule has 0 spiro atoms. The Morgan fingerprint density at radius 3 is 2.03 bits per heavy atom. The van der Waals surface area contributed by atoms with Gasteiger partial charge in [-0.25, -0.2) is 0 Å². The second kappa shape index (κ2) is 10.7. The molecule has 0 radical (unpaired) electrons. The fraction of sp³-hybridized carbons (Fsp3) is 0.667. The van der Waals surface area contributed by atoms with Crippen LogP contribution in [-0.2, 0) is 27.2 Å². The first-order valence-corrected chi connectivity index (χ1v) is 11.1. The molecule has 6 heteroatoms. The molecule has 6 nitrogen and oxygen atoms in total. The van der Waals surface area contributed by atoms with Gasteiger partial charge in [-0.1, -0.05) is 31.4 Å². The predicted octanol–water partition coefficient (Wildman–Crippen LogP) is 5.12. The van der Waals surface area contributed by atoms with Crippen molar-refractivity contribution in [1.82, 2.24) is 0 Å². The molecule has 0 atom stereocenters. The number of carboxylic acid groups (broad SMARTS) is 1. The summed E-state index contributed by atoms with van der Waals surface area (Å²) in [6.45, 7) is 4.04. The van der Waals surface area contributed by atoms with Gasteiger partial charge in [-0.05, 0) is 82.8 Å². The first-order valence-electron chi connectivity index (χ1n) is 11.1. The molecule has 1 aromatic carbocycles. The second-order valence-electron chi connectivity index (χ2n) is 9.29. The lowest BCUT2D eigenvalue weighted by molar-refractivity contribution is -0.147. The minimum absolute atomic E-state index is 0.0255. The van der Waals surface area contributed by atoms with Crippen LogP contribution in [0, 0.1) is 5.41 Å². The highest BCUT2D eigenvalue weighted by atomic mass is 16.5. The number of aliphatic carboxylic acids is 1. The average Bonchev–Trinajstić information content (AvgIpc) is 3.46. The Morgan fingerprint density at radius 2 is 1.53 bits per heavy atom. The van der Waals surface area contributed by atoms with Crippen LogP contribution in [0.3, 0.4) is 0 Å². The van der Waals surface area contributed by atoms with E-state index in [0.717, 1.165) is 68.9 Å². The summed E-state index contributed by atoms with van der Waals surface area (Å²) in [6, 6.07) is 3.77. The topological polar surface area (TPSA) is 104 Å². The minimum Gasteiger partial charge on any atom is -0.504 e. The van der Waals surface area contributed by atoms with E-state index >= 15 is 0 Å². The maximum absolute atomic E-state index is 11.1. The number of carbonyl (C=O) groups is 2. The van der Waals surface area contributed by atoms with Crippen molar-refractivity contribution in [3.8, 4) is 11.5 Å². The van der Waals surface area contributed by atoms with Crippen LogP contribution in [0.4, 0.5) is 0 Å². The Kier molecular flexibility index (Phi) is 8.56. The molecule has 0 heterocycles. The van der Waals surface area contributed by atoms with Gasteiger partial charge in [0.1, 0.15) is 5.60 Å². The van der Waals surface area contributed by atoms with Crippen molar-refractivity contribution >= 4 is 12.4 Å². The van der Waals surface area contributed by atoms with E-state index in [1.807, 2.05) is 12.1 Å². The second-order valence-corrected chi connectivity index (χ2v) is 9.29. The van der Waals surface area contributed by atoms with Crippen LogP contribution in [0.15, 0.2) is 12.1 Å². The highest BCUT2D eigenvalue weighted by Crippen LogP contribution is 2.43. The lowest BCUT2D eigenvalue weighted by Gasteiger charge is -2.18. The van der Waals surface area contributed by atoms with E-state index in [1.165, 1.54) is 0 Å². The van der Waals surface area contributed by atoms with Gasteiger partial charge in [-0.2, -0.15) is 0 Å². The van der Waals surface area contributed by atoms with Crippen molar-refractivity contribution in [2.75, 3.05) is 0 Å². The number of aryl methyl sites for hydroxylation is 2. The summed E-state index contributed by atoms with van der Waals surface area (Å²) >= 11 is 0. The molecule has 1 fully saturated rings. The molecule has 168 valence electrons. The normalized spacial score (nSPS) is 15.0. The van der Waals surface area contributed by atoms with E-state index in [2.05, 4.69) is 0 Å². The third kappa shape index (κ3) is 6.92. The highest BCUT2D eigenvalue weighted by Gasteiger charge is 2.44. The van der Waals surface area contributed by atoms with E-state index in [4.69, 9.17) is 9.84 Å². The van der Waals surface area contributed by atoms with Gasteiger partial charge in [0, 0.05) is 0 Å².